The third-order valence-corrected chi connectivity index (χ3v) is 3.79. The summed E-state index contributed by atoms with van der Waals surface area (Å²) in [7, 11) is 0. The maximum Gasteiger partial charge on any atom is 0.310 e. The standard InChI is InChI=1S/C18H24N2O2/c1-4-10-20(6-3)11-9-14-13-19-17-12-15(7-8-16(14)17)22-18(21)5-2/h4,7-8,12-13,19H,1,5-6,9-11H2,2-3H3. The van der Waals surface area contributed by atoms with Gasteiger partial charge in [0.05, 0.1) is 0 Å². The third-order valence-electron chi connectivity index (χ3n) is 3.79. The molecule has 4 heteroatoms. The van der Waals surface area contributed by atoms with E-state index in [9.17, 15) is 4.79 Å². The first kappa shape index (κ1) is 16.3. The second-order valence-corrected chi connectivity index (χ2v) is 5.28. The molecule has 2 aromatic rings. The molecule has 1 heterocycles. The van der Waals surface area contributed by atoms with Crippen molar-refractivity contribution in [2.75, 3.05) is 19.6 Å². The Labute approximate surface area is 131 Å². The molecule has 0 fully saturated rings. The first-order valence-corrected chi connectivity index (χ1v) is 7.81. The van der Waals surface area contributed by atoms with Crippen LogP contribution in [0.3, 0.4) is 0 Å². The largest absolute Gasteiger partial charge is 0.426 e. The SMILES string of the molecule is C=CCN(CC)CCc1c[nH]c2cc(OC(=O)CC)ccc12. The van der Waals surface area contributed by atoms with E-state index in [2.05, 4.69) is 23.4 Å². The number of nitrogens with zero attached hydrogens (tertiary/aromatic N) is 1. The number of nitrogens with one attached hydrogen (secondary N) is 1. The Morgan fingerprint density at radius 3 is 2.91 bits per heavy atom. The summed E-state index contributed by atoms with van der Waals surface area (Å²) in [6.07, 6.45) is 5.34. The molecule has 0 spiro atoms. The Morgan fingerprint density at radius 2 is 2.23 bits per heavy atom. The number of carbonyl (C=O) groups is 1. The van der Waals surface area contributed by atoms with Crippen molar-refractivity contribution in [3.05, 3.63) is 42.6 Å². The number of hydrogen-bond donors (Lipinski definition) is 1. The number of aromatic amines is 1. The smallest absolute Gasteiger partial charge is 0.310 e. The van der Waals surface area contributed by atoms with Crippen LogP contribution in [0.2, 0.25) is 0 Å². The van der Waals surface area contributed by atoms with Crippen molar-refractivity contribution in [1.29, 1.82) is 0 Å². The monoisotopic (exact) mass is 300 g/mol. The molecular weight excluding hydrogens is 276 g/mol. The number of esters is 1. The van der Waals surface area contributed by atoms with Crippen LogP contribution in [0.4, 0.5) is 0 Å². The molecule has 1 N–H and O–H groups in total. The number of carbonyl (C=O) groups excluding carboxylic acids is 1. The van der Waals surface area contributed by atoms with Crippen LogP contribution in [0.15, 0.2) is 37.1 Å². The number of H-pyrrole nitrogens is 1. The molecule has 0 aliphatic rings. The van der Waals surface area contributed by atoms with Gasteiger partial charge in [-0.2, -0.15) is 0 Å². The zero-order valence-electron chi connectivity index (χ0n) is 13.4. The van der Waals surface area contributed by atoms with Gasteiger partial charge in [0.25, 0.3) is 0 Å². The van der Waals surface area contributed by atoms with Gasteiger partial charge < -0.3 is 9.72 Å². The summed E-state index contributed by atoms with van der Waals surface area (Å²) >= 11 is 0. The van der Waals surface area contributed by atoms with Crippen LogP contribution in [0.25, 0.3) is 10.9 Å². The van der Waals surface area contributed by atoms with Crippen LogP contribution in [0.1, 0.15) is 25.8 Å². The summed E-state index contributed by atoms with van der Waals surface area (Å²) in [5.74, 6) is 0.378. The van der Waals surface area contributed by atoms with E-state index in [0.717, 1.165) is 31.6 Å². The Morgan fingerprint density at radius 1 is 1.41 bits per heavy atom. The molecule has 1 aromatic heterocycles. The lowest BCUT2D eigenvalue weighted by Crippen LogP contribution is -2.25. The molecule has 0 radical (unpaired) electrons. The predicted molar refractivity (Wildman–Crippen MR) is 90.2 cm³/mol. The van der Waals surface area contributed by atoms with Crippen LogP contribution in [0.5, 0.6) is 5.75 Å². The summed E-state index contributed by atoms with van der Waals surface area (Å²) in [4.78, 5) is 17.0. The highest BCUT2D eigenvalue weighted by molar-refractivity contribution is 5.85. The lowest BCUT2D eigenvalue weighted by Gasteiger charge is -2.17. The van der Waals surface area contributed by atoms with E-state index in [1.807, 2.05) is 30.5 Å². The van der Waals surface area contributed by atoms with Crippen molar-refractivity contribution in [1.82, 2.24) is 9.88 Å². The third kappa shape index (κ3) is 3.98. The minimum atomic E-state index is -0.214. The maximum atomic E-state index is 11.3. The summed E-state index contributed by atoms with van der Waals surface area (Å²) in [6, 6.07) is 5.76. The van der Waals surface area contributed by atoms with Gasteiger partial charge in [-0.25, -0.2) is 0 Å². The van der Waals surface area contributed by atoms with Crippen molar-refractivity contribution < 1.29 is 9.53 Å². The fourth-order valence-corrected chi connectivity index (χ4v) is 2.48. The molecule has 1 aromatic carbocycles. The second-order valence-electron chi connectivity index (χ2n) is 5.28. The van der Waals surface area contributed by atoms with Crippen molar-refractivity contribution in [3.63, 3.8) is 0 Å². The second kappa shape index (κ2) is 7.80. The molecular formula is C18H24N2O2. The quantitative estimate of drug-likeness (QED) is 0.461. The van der Waals surface area contributed by atoms with Crippen LogP contribution in [-0.2, 0) is 11.2 Å². The normalized spacial score (nSPS) is 11.0. The van der Waals surface area contributed by atoms with Gasteiger partial charge in [-0.05, 0) is 30.7 Å². The molecule has 0 bridgehead atoms. The topological polar surface area (TPSA) is 45.3 Å². The number of rotatable bonds is 8. The highest BCUT2D eigenvalue weighted by Crippen LogP contribution is 2.24. The molecule has 2 rings (SSSR count). The maximum absolute atomic E-state index is 11.3. The van der Waals surface area contributed by atoms with E-state index in [0.29, 0.717) is 12.2 Å². The predicted octanol–water partition coefficient (Wildman–Crippen LogP) is 3.53. The van der Waals surface area contributed by atoms with E-state index in [1.54, 1.807) is 6.92 Å². The Balaban J connectivity index is 2.09. The van der Waals surface area contributed by atoms with E-state index in [1.165, 1.54) is 10.9 Å². The first-order valence-electron chi connectivity index (χ1n) is 7.81. The van der Waals surface area contributed by atoms with Gasteiger partial charge in [-0.1, -0.05) is 19.9 Å². The Kier molecular flexibility index (Phi) is 5.78. The molecule has 4 nitrogen and oxygen atoms in total. The molecule has 0 saturated heterocycles. The Hall–Kier alpha value is -2.07. The van der Waals surface area contributed by atoms with Gasteiger partial charge in [0.15, 0.2) is 0 Å². The van der Waals surface area contributed by atoms with Crippen molar-refractivity contribution >= 4 is 16.9 Å². The average molecular weight is 300 g/mol. The van der Waals surface area contributed by atoms with E-state index < -0.39 is 0 Å². The van der Waals surface area contributed by atoms with Gasteiger partial charge in [0.1, 0.15) is 5.75 Å². The fraction of sp³-hybridized carbons (Fsp3) is 0.389. The lowest BCUT2D eigenvalue weighted by molar-refractivity contribution is -0.134. The van der Waals surface area contributed by atoms with Crippen LogP contribution >= 0.6 is 0 Å². The number of hydrogen-bond acceptors (Lipinski definition) is 3. The van der Waals surface area contributed by atoms with E-state index in [4.69, 9.17) is 4.74 Å². The molecule has 0 aliphatic heterocycles. The zero-order valence-corrected chi connectivity index (χ0v) is 13.4. The van der Waals surface area contributed by atoms with Gasteiger partial charge >= 0.3 is 5.97 Å². The molecule has 0 aliphatic carbocycles. The van der Waals surface area contributed by atoms with Crippen molar-refractivity contribution in [2.24, 2.45) is 0 Å². The number of ether oxygens (including phenoxy) is 1. The molecule has 0 unspecified atom stereocenters. The van der Waals surface area contributed by atoms with Crippen LogP contribution in [0, 0.1) is 0 Å². The van der Waals surface area contributed by atoms with Crippen molar-refractivity contribution in [2.45, 2.75) is 26.7 Å². The Bertz CT molecular complexity index is 646. The highest BCUT2D eigenvalue weighted by atomic mass is 16.5. The molecule has 0 atom stereocenters. The summed E-state index contributed by atoms with van der Waals surface area (Å²) in [6.45, 7) is 10.7. The average Bonchev–Trinajstić information content (AvgIpc) is 2.93. The van der Waals surface area contributed by atoms with Crippen LogP contribution in [-0.4, -0.2) is 35.5 Å². The fourth-order valence-electron chi connectivity index (χ4n) is 2.48. The van der Waals surface area contributed by atoms with Gasteiger partial charge in [-0.3, -0.25) is 9.69 Å². The molecule has 0 amide bonds. The van der Waals surface area contributed by atoms with E-state index >= 15 is 0 Å². The number of aromatic nitrogens is 1. The lowest BCUT2D eigenvalue weighted by atomic mass is 10.1. The van der Waals surface area contributed by atoms with E-state index in [-0.39, 0.29) is 5.97 Å². The number of likely N-dealkylation sites (N-methyl/N-ethyl adjacent to an activating group) is 1. The van der Waals surface area contributed by atoms with Gasteiger partial charge in [0.2, 0.25) is 0 Å². The van der Waals surface area contributed by atoms with Crippen LogP contribution < -0.4 is 4.74 Å². The van der Waals surface area contributed by atoms with Crippen molar-refractivity contribution in [3.8, 4) is 5.75 Å². The number of fused-ring (bicyclic) bond motifs is 1. The summed E-state index contributed by atoms with van der Waals surface area (Å²) in [5.41, 5.74) is 2.29. The minimum Gasteiger partial charge on any atom is -0.426 e. The van der Waals surface area contributed by atoms with Gasteiger partial charge in [0, 0.05) is 42.7 Å². The summed E-state index contributed by atoms with van der Waals surface area (Å²) < 4.78 is 5.25. The highest BCUT2D eigenvalue weighted by Gasteiger charge is 2.08. The molecule has 0 saturated carbocycles. The minimum absolute atomic E-state index is 0.214. The molecule has 22 heavy (non-hydrogen) atoms. The number of benzene rings is 1. The molecule has 118 valence electrons. The first-order chi connectivity index (χ1) is 10.7. The zero-order chi connectivity index (χ0) is 15.9. The summed E-state index contributed by atoms with van der Waals surface area (Å²) in [5, 5.41) is 1.19. The van der Waals surface area contributed by atoms with Gasteiger partial charge in [-0.15, -0.1) is 6.58 Å².